The number of benzene rings is 1. The van der Waals surface area contributed by atoms with Crippen LogP contribution in [0.15, 0.2) is 24.3 Å². The van der Waals surface area contributed by atoms with E-state index < -0.39 is 5.79 Å². The molecule has 0 amide bonds. The van der Waals surface area contributed by atoms with Crippen LogP contribution >= 0.6 is 34.2 Å². The van der Waals surface area contributed by atoms with Gasteiger partial charge in [-0.3, -0.25) is 0 Å². The van der Waals surface area contributed by atoms with Crippen LogP contribution in [0.25, 0.3) is 0 Å². The van der Waals surface area contributed by atoms with E-state index in [1.165, 1.54) is 0 Å². The Balaban J connectivity index is 1.58. The van der Waals surface area contributed by atoms with Gasteiger partial charge in [-0.25, -0.2) is 0 Å². The summed E-state index contributed by atoms with van der Waals surface area (Å²) < 4.78 is 24.5. The van der Waals surface area contributed by atoms with Crippen LogP contribution in [0, 0.1) is 0 Å². The van der Waals surface area contributed by atoms with Crippen molar-refractivity contribution in [3.63, 3.8) is 0 Å². The highest BCUT2D eigenvalue weighted by Crippen LogP contribution is 2.47. The lowest BCUT2D eigenvalue weighted by Crippen LogP contribution is -2.45. The molecule has 3 saturated heterocycles. The summed E-state index contributed by atoms with van der Waals surface area (Å²) in [6, 6.07) is 7.87. The molecule has 3 heterocycles. The van der Waals surface area contributed by atoms with Crippen LogP contribution in [0.3, 0.4) is 0 Å². The van der Waals surface area contributed by atoms with Crippen molar-refractivity contribution < 1.29 is 18.9 Å². The molecule has 0 aromatic heterocycles. The monoisotopic (exact) mass is 436 g/mol. The number of hydrogen-bond acceptors (Lipinski definition) is 4. The number of halogens is 2. The van der Waals surface area contributed by atoms with Gasteiger partial charge in [0, 0.05) is 8.95 Å². The predicted molar refractivity (Wildman–Crippen MR) is 90.2 cm³/mol. The molecule has 1 aromatic carbocycles. The van der Waals surface area contributed by atoms with E-state index in [-0.39, 0.29) is 30.7 Å². The van der Waals surface area contributed by atoms with Gasteiger partial charge in [0.25, 0.3) is 0 Å². The lowest BCUT2D eigenvalue weighted by atomic mass is 9.95. The van der Waals surface area contributed by atoms with Gasteiger partial charge in [-0.15, -0.1) is 0 Å². The van der Waals surface area contributed by atoms with Gasteiger partial charge in [0.05, 0.1) is 6.10 Å². The fourth-order valence-electron chi connectivity index (χ4n) is 3.46. The molecule has 22 heavy (non-hydrogen) atoms. The molecule has 4 nitrogen and oxygen atoms in total. The van der Waals surface area contributed by atoms with Crippen LogP contribution in [0.1, 0.15) is 31.9 Å². The van der Waals surface area contributed by atoms with E-state index in [1.807, 2.05) is 32.0 Å². The van der Waals surface area contributed by atoms with E-state index in [9.17, 15) is 0 Å². The van der Waals surface area contributed by atoms with E-state index in [4.69, 9.17) is 30.5 Å². The Morgan fingerprint density at radius 2 is 1.95 bits per heavy atom. The van der Waals surface area contributed by atoms with Crippen LogP contribution in [-0.4, -0.2) is 34.3 Å². The van der Waals surface area contributed by atoms with Gasteiger partial charge in [-0.2, -0.15) is 0 Å². The van der Waals surface area contributed by atoms with Crippen molar-refractivity contribution in [2.75, 3.05) is 0 Å². The normalized spacial score (nSPS) is 42.9. The maximum absolute atomic E-state index is 6.34. The van der Waals surface area contributed by atoms with Gasteiger partial charge >= 0.3 is 0 Å². The Morgan fingerprint density at radius 3 is 2.73 bits per heavy atom. The highest BCUT2D eigenvalue weighted by Gasteiger charge is 2.59. The third-order valence-corrected chi connectivity index (χ3v) is 5.82. The zero-order chi connectivity index (χ0) is 15.5. The molecule has 3 aliphatic rings. The standard InChI is InChI=1S/C16H18ClIO4/c1-16(2)21-14-13-12(20-15(14)22-16)10(18)7-11(19-13)8-4-3-5-9(17)6-8/h3-6,10-15H,7H2,1-2H3/t10-,11-,12-,13+,14+,15+/m1/s1. The van der Waals surface area contributed by atoms with Crippen molar-refractivity contribution in [3.05, 3.63) is 34.9 Å². The van der Waals surface area contributed by atoms with Crippen LogP contribution in [0.4, 0.5) is 0 Å². The maximum Gasteiger partial charge on any atom is 0.190 e. The predicted octanol–water partition coefficient (Wildman–Crippen LogP) is 3.85. The van der Waals surface area contributed by atoms with Gasteiger partial charge < -0.3 is 18.9 Å². The van der Waals surface area contributed by atoms with Crippen molar-refractivity contribution >= 4 is 34.2 Å². The average Bonchev–Trinajstić information content (AvgIpc) is 2.91. The third kappa shape index (κ3) is 2.70. The second-order valence-electron chi connectivity index (χ2n) is 6.47. The summed E-state index contributed by atoms with van der Waals surface area (Å²) in [5.41, 5.74) is 1.11. The summed E-state index contributed by atoms with van der Waals surface area (Å²) in [5, 5.41) is 0.732. The molecule has 0 aliphatic carbocycles. The molecular formula is C16H18ClIO4. The van der Waals surface area contributed by atoms with Gasteiger partial charge in [-0.05, 0) is 38.0 Å². The molecule has 3 aliphatic heterocycles. The molecule has 120 valence electrons. The molecule has 0 unspecified atom stereocenters. The fourth-order valence-corrected chi connectivity index (χ4v) is 4.69. The summed E-state index contributed by atoms with van der Waals surface area (Å²) in [4.78, 5) is 0. The molecule has 6 atom stereocenters. The van der Waals surface area contributed by atoms with Crippen LogP contribution < -0.4 is 0 Å². The zero-order valence-corrected chi connectivity index (χ0v) is 15.3. The van der Waals surface area contributed by atoms with Gasteiger partial charge in [0.1, 0.15) is 18.3 Å². The van der Waals surface area contributed by atoms with Gasteiger partial charge in [0.2, 0.25) is 0 Å². The molecule has 0 N–H and O–H groups in total. The number of ether oxygens (including phenoxy) is 4. The molecule has 0 radical (unpaired) electrons. The summed E-state index contributed by atoms with van der Waals surface area (Å²) in [5.74, 6) is -0.618. The number of rotatable bonds is 1. The first-order valence-electron chi connectivity index (χ1n) is 7.49. The second kappa shape index (κ2) is 5.57. The van der Waals surface area contributed by atoms with Crippen molar-refractivity contribution in [2.24, 2.45) is 0 Å². The molecular weight excluding hydrogens is 419 g/mol. The first-order valence-corrected chi connectivity index (χ1v) is 9.11. The number of fused-ring (bicyclic) bond motifs is 3. The SMILES string of the molecule is CC1(C)O[C@@H]2O[C@H]3[C@H](O[C@@H](c4cccc(Cl)c4)C[C@H]3I)[C@@H]2O1. The Kier molecular flexibility index (Phi) is 3.95. The van der Waals surface area contributed by atoms with Crippen molar-refractivity contribution in [1.29, 1.82) is 0 Å². The first kappa shape index (κ1) is 15.6. The third-order valence-electron chi connectivity index (χ3n) is 4.36. The van der Waals surface area contributed by atoms with E-state index in [0.29, 0.717) is 3.92 Å². The Labute approximate surface area is 148 Å². The van der Waals surface area contributed by atoms with Crippen molar-refractivity contribution in [3.8, 4) is 0 Å². The van der Waals surface area contributed by atoms with E-state index in [2.05, 4.69) is 28.7 Å². The largest absolute Gasteiger partial charge is 0.365 e. The quantitative estimate of drug-likeness (QED) is 0.495. The summed E-state index contributed by atoms with van der Waals surface area (Å²) >= 11 is 8.56. The zero-order valence-electron chi connectivity index (χ0n) is 12.4. The molecule has 0 spiro atoms. The van der Waals surface area contributed by atoms with E-state index in [1.54, 1.807) is 0 Å². The van der Waals surface area contributed by atoms with Crippen LogP contribution in [-0.2, 0) is 18.9 Å². The summed E-state index contributed by atoms with van der Waals surface area (Å²) in [6.07, 6.45) is 0.315. The topological polar surface area (TPSA) is 36.9 Å². The molecule has 0 bridgehead atoms. The maximum atomic E-state index is 6.34. The van der Waals surface area contributed by atoms with Gasteiger partial charge in [-0.1, -0.05) is 46.3 Å². The lowest BCUT2D eigenvalue weighted by Gasteiger charge is -2.37. The van der Waals surface area contributed by atoms with E-state index in [0.717, 1.165) is 17.0 Å². The van der Waals surface area contributed by atoms with Crippen LogP contribution in [0.5, 0.6) is 0 Å². The smallest absolute Gasteiger partial charge is 0.190 e. The first-order chi connectivity index (χ1) is 10.4. The minimum atomic E-state index is -0.618. The number of alkyl halides is 1. The minimum Gasteiger partial charge on any atom is -0.365 e. The highest BCUT2D eigenvalue weighted by atomic mass is 127. The lowest BCUT2D eigenvalue weighted by molar-refractivity contribution is -0.229. The Hall–Kier alpha value is 0.0800. The average molecular weight is 437 g/mol. The second-order valence-corrected chi connectivity index (χ2v) is 8.50. The molecule has 3 fully saturated rings. The summed E-state index contributed by atoms with van der Waals surface area (Å²) in [6.45, 7) is 3.81. The highest BCUT2D eigenvalue weighted by molar-refractivity contribution is 14.1. The fraction of sp³-hybridized carbons (Fsp3) is 0.625. The molecule has 6 heteroatoms. The van der Waals surface area contributed by atoms with Crippen molar-refractivity contribution in [1.82, 2.24) is 0 Å². The van der Waals surface area contributed by atoms with Crippen molar-refractivity contribution in [2.45, 2.75) is 60.7 Å². The Bertz CT molecular complexity index is 581. The minimum absolute atomic E-state index is 0.0107. The molecule has 4 rings (SSSR count). The molecule has 0 saturated carbocycles. The van der Waals surface area contributed by atoms with E-state index >= 15 is 0 Å². The Morgan fingerprint density at radius 1 is 1.14 bits per heavy atom. The van der Waals surface area contributed by atoms with Crippen LogP contribution in [0.2, 0.25) is 5.02 Å². The van der Waals surface area contributed by atoms with Gasteiger partial charge in [0.15, 0.2) is 12.1 Å². The summed E-state index contributed by atoms with van der Waals surface area (Å²) in [7, 11) is 0. The number of hydrogen-bond donors (Lipinski definition) is 0. The molecule has 1 aromatic rings.